The number of hydrogen-bond acceptors (Lipinski definition) is 2. The molecule has 4 aliphatic carbocycles. The highest BCUT2D eigenvalue weighted by atomic mass is 16.3. The van der Waals surface area contributed by atoms with E-state index in [1.165, 1.54) is 64.2 Å². The zero-order valence-electron chi connectivity index (χ0n) is 19.8. The minimum absolute atomic E-state index is 0.0105. The smallest absolute Gasteiger partial charge is 0.163 e. The summed E-state index contributed by atoms with van der Waals surface area (Å²) >= 11 is 0. The minimum atomic E-state index is -1.17. The Kier molecular flexibility index (Phi) is 5.76. The molecule has 2 heteroatoms. The van der Waals surface area contributed by atoms with Gasteiger partial charge in [-0.3, -0.25) is 4.79 Å². The number of carbonyl (C=O) groups is 1. The molecule has 29 heavy (non-hydrogen) atoms. The van der Waals surface area contributed by atoms with E-state index in [9.17, 15) is 9.90 Å². The number of ketones is 1. The molecular weight excluding hydrogens is 356 g/mol. The molecule has 4 fully saturated rings. The molecule has 0 aliphatic heterocycles. The molecular formula is C27H46O2. The normalized spacial score (nSPS) is 45.8. The predicted molar refractivity (Wildman–Crippen MR) is 120 cm³/mol. The van der Waals surface area contributed by atoms with Gasteiger partial charge in [0.25, 0.3) is 0 Å². The van der Waals surface area contributed by atoms with E-state index in [0.717, 1.165) is 36.0 Å². The number of rotatable bonds is 5. The summed E-state index contributed by atoms with van der Waals surface area (Å²) in [7, 11) is 0. The van der Waals surface area contributed by atoms with E-state index >= 15 is 0 Å². The third-order valence-corrected chi connectivity index (χ3v) is 10.9. The summed E-state index contributed by atoms with van der Waals surface area (Å²) in [5.41, 5.74) is -0.0600. The third-order valence-electron chi connectivity index (χ3n) is 10.9. The Balaban J connectivity index is 1.46. The summed E-state index contributed by atoms with van der Waals surface area (Å²) in [4.78, 5) is 12.3. The SMILES string of the molecule is C[C@H](CCC(=O)C(C)(C)O)[C@H]1CC[C@H]2[C@@H]3CCC4CCCC[C@]4(C)[C@H]3CC[C@]12C. The highest BCUT2D eigenvalue weighted by Gasteiger charge is 2.60. The Labute approximate surface area is 179 Å². The van der Waals surface area contributed by atoms with Crippen molar-refractivity contribution in [1.29, 1.82) is 0 Å². The molecule has 0 saturated heterocycles. The van der Waals surface area contributed by atoms with Crippen molar-refractivity contribution in [2.75, 3.05) is 0 Å². The van der Waals surface area contributed by atoms with Crippen molar-refractivity contribution < 1.29 is 9.90 Å². The number of hydrogen-bond donors (Lipinski definition) is 1. The van der Waals surface area contributed by atoms with Gasteiger partial charge in [-0.25, -0.2) is 0 Å². The molecule has 0 radical (unpaired) electrons. The van der Waals surface area contributed by atoms with Crippen molar-refractivity contribution >= 4 is 5.78 Å². The number of fused-ring (bicyclic) bond motifs is 5. The van der Waals surface area contributed by atoms with E-state index in [1.54, 1.807) is 13.8 Å². The highest BCUT2D eigenvalue weighted by molar-refractivity contribution is 5.86. The average Bonchev–Trinajstić information content (AvgIpc) is 3.01. The topological polar surface area (TPSA) is 37.3 Å². The summed E-state index contributed by atoms with van der Waals surface area (Å²) in [5.74, 6) is 5.23. The van der Waals surface area contributed by atoms with Crippen LogP contribution in [-0.2, 0) is 4.79 Å². The first-order chi connectivity index (χ1) is 13.6. The average molecular weight is 403 g/mol. The summed E-state index contributed by atoms with van der Waals surface area (Å²) in [5, 5.41) is 10.0. The Morgan fingerprint density at radius 3 is 2.41 bits per heavy atom. The zero-order valence-corrected chi connectivity index (χ0v) is 19.8. The fraction of sp³-hybridized carbons (Fsp3) is 0.963. The first-order valence-electron chi connectivity index (χ1n) is 12.8. The van der Waals surface area contributed by atoms with Gasteiger partial charge in [0.15, 0.2) is 5.78 Å². The summed E-state index contributed by atoms with van der Waals surface area (Å²) < 4.78 is 0. The van der Waals surface area contributed by atoms with Gasteiger partial charge in [0.05, 0.1) is 0 Å². The number of Topliss-reactive ketones (excluding diaryl/α,β-unsaturated/α-hetero) is 1. The van der Waals surface area contributed by atoms with Crippen LogP contribution in [0, 0.1) is 46.3 Å². The van der Waals surface area contributed by atoms with Gasteiger partial charge in [0.1, 0.15) is 5.60 Å². The first kappa shape index (κ1) is 21.8. The van der Waals surface area contributed by atoms with Crippen LogP contribution < -0.4 is 0 Å². The van der Waals surface area contributed by atoms with Crippen molar-refractivity contribution in [2.24, 2.45) is 46.3 Å². The molecule has 166 valence electrons. The standard InChI is InChI=1S/C27H46O2/c1-18(9-14-24(28)25(2,3)29)21-12-13-22-20-11-10-19-8-6-7-16-26(19,4)23(20)15-17-27(21,22)5/h18-23,29H,6-17H2,1-5H3/t18-,19?,20+,21-,22+,23+,26+,27-/m1/s1. The lowest BCUT2D eigenvalue weighted by Gasteiger charge is -2.61. The van der Waals surface area contributed by atoms with Crippen LogP contribution in [0.15, 0.2) is 0 Å². The van der Waals surface area contributed by atoms with E-state index < -0.39 is 5.60 Å². The summed E-state index contributed by atoms with van der Waals surface area (Å²) in [6.45, 7) is 11.0. The maximum atomic E-state index is 12.3. The maximum absolute atomic E-state index is 12.3. The molecule has 2 nitrogen and oxygen atoms in total. The van der Waals surface area contributed by atoms with Gasteiger partial charge >= 0.3 is 0 Å². The zero-order chi connectivity index (χ0) is 21.0. The van der Waals surface area contributed by atoms with E-state index in [1.807, 2.05) is 0 Å². The minimum Gasteiger partial charge on any atom is -0.383 e. The van der Waals surface area contributed by atoms with Crippen molar-refractivity contribution in [2.45, 2.75) is 117 Å². The van der Waals surface area contributed by atoms with Crippen molar-refractivity contribution in [1.82, 2.24) is 0 Å². The lowest BCUT2D eigenvalue weighted by Crippen LogP contribution is -2.53. The Morgan fingerprint density at radius 1 is 0.966 bits per heavy atom. The molecule has 4 aliphatic rings. The molecule has 8 atom stereocenters. The number of carbonyl (C=O) groups excluding carboxylic acids is 1. The van der Waals surface area contributed by atoms with Crippen LogP contribution >= 0.6 is 0 Å². The van der Waals surface area contributed by atoms with Crippen LogP contribution in [0.1, 0.15) is 112 Å². The van der Waals surface area contributed by atoms with Crippen LogP contribution in [0.3, 0.4) is 0 Å². The molecule has 0 spiro atoms. The Bertz CT molecular complexity index is 619. The summed E-state index contributed by atoms with van der Waals surface area (Å²) in [6, 6.07) is 0. The van der Waals surface area contributed by atoms with Gasteiger partial charge in [-0.05, 0) is 118 Å². The second-order valence-electron chi connectivity index (χ2n) is 12.6. The summed E-state index contributed by atoms with van der Waals surface area (Å²) in [6.07, 6.45) is 16.0. The van der Waals surface area contributed by atoms with Crippen molar-refractivity contribution in [3.63, 3.8) is 0 Å². The molecule has 0 amide bonds. The third kappa shape index (κ3) is 3.64. The molecule has 0 aromatic carbocycles. The fourth-order valence-electron chi connectivity index (χ4n) is 9.14. The van der Waals surface area contributed by atoms with Gasteiger partial charge < -0.3 is 5.11 Å². The predicted octanol–water partition coefficient (Wildman–Crippen LogP) is 6.79. The van der Waals surface area contributed by atoms with Crippen LogP contribution in [0.25, 0.3) is 0 Å². The molecule has 0 heterocycles. The molecule has 4 rings (SSSR count). The second kappa shape index (κ2) is 7.64. The van der Waals surface area contributed by atoms with Crippen molar-refractivity contribution in [3.8, 4) is 0 Å². The quantitative estimate of drug-likeness (QED) is 0.549. The largest absolute Gasteiger partial charge is 0.383 e. The van der Waals surface area contributed by atoms with Crippen LogP contribution in [-0.4, -0.2) is 16.5 Å². The first-order valence-corrected chi connectivity index (χ1v) is 12.8. The molecule has 1 N–H and O–H groups in total. The molecule has 4 saturated carbocycles. The molecule has 0 aromatic rings. The van der Waals surface area contributed by atoms with Gasteiger partial charge in [-0.2, -0.15) is 0 Å². The van der Waals surface area contributed by atoms with E-state index in [2.05, 4.69) is 20.8 Å². The van der Waals surface area contributed by atoms with Crippen LogP contribution in [0.4, 0.5) is 0 Å². The molecule has 0 bridgehead atoms. The van der Waals surface area contributed by atoms with Crippen molar-refractivity contribution in [3.05, 3.63) is 0 Å². The van der Waals surface area contributed by atoms with Gasteiger partial charge in [-0.1, -0.05) is 33.6 Å². The Hall–Kier alpha value is -0.370. The number of aliphatic hydroxyl groups is 1. The monoisotopic (exact) mass is 402 g/mol. The van der Waals surface area contributed by atoms with E-state index in [-0.39, 0.29) is 5.78 Å². The van der Waals surface area contributed by atoms with Crippen LogP contribution in [0.2, 0.25) is 0 Å². The van der Waals surface area contributed by atoms with E-state index in [4.69, 9.17) is 0 Å². The molecule has 1 unspecified atom stereocenters. The maximum Gasteiger partial charge on any atom is 0.163 e. The van der Waals surface area contributed by atoms with Gasteiger partial charge in [0.2, 0.25) is 0 Å². The lowest BCUT2D eigenvalue weighted by atomic mass is 9.44. The van der Waals surface area contributed by atoms with E-state index in [0.29, 0.717) is 23.2 Å². The van der Waals surface area contributed by atoms with Gasteiger partial charge in [0, 0.05) is 6.42 Å². The molecule has 0 aromatic heterocycles. The van der Waals surface area contributed by atoms with Gasteiger partial charge in [-0.15, -0.1) is 0 Å². The van der Waals surface area contributed by atoms with Crippen LogP contribution in [0.5, 0.6) is 0 Å². The Morgan fingerprint density at radius 2 is 1.69 bits per heavy atom. The highest BCUT2D eigenvalue weighted by Crippen LogP contribution is 2.68. The second-order valence-corrected chi connectivity index (χ2v) is 12.6. The fourth-order valence-corrected chi connectivity index (χ4v) is 9.14. The lowest BCUT2D eigenvalue weighted by molar-refractivity contribution is -0.134.